The van der Waals surface area contributed by atoms with Crippen LogP contribution in [0.4, 0.5) is 0 Å². The van der Waals surface area contributed by atoms with Crippen LogP contribution in [0.2, 0.25) is 0 Å². The van der Waals surface area contributed by atoms with Gasteiger partial charge in [0.05, 0.1) is 0 Å². The number of phenols is 2. The molecule has 6 nitrogen and oxygen atoms in total. The Morgan fingerprint density at radius 2 is 0.750 bits per heavy atom. The molecule has 0 atom stereocenters. The molecule has 0 bridgehead atoms. The Balaban J connectivity index is 2.12. The Kier molecular flexibility index (Phi) is 9.82. The average molecular weight is 551 g/mol. The molecule has 40 heavy (non-hydrogen) atoms. The van der Waals surface area contributed by atoms with Crippen molar-refractivity contribution in [1.29, 1.82) is 0 Å². The van der Waals surface area contributed by atoms with Crippen molar-refractivity contribution in [3.8, 4) is 11.5 Å². The molecular formula is C34H50N2O4. The SMILES string of the molecule is CC(C)(C)c1cc(CCC(=O)/N=N/C(=O)CCc2cc(C(C)(C)C)c(O)c(C(C)(C)C)c2)cc(C(C)(C)C)c1O. The maximum Gasteiger partial charge on any atom is 0.265 e. The topological polar surface area (TPSA) is 99.3 Å². The molecule has 2 N–H and O–H groups in total. The lowest BCUT2D eigenvalue weighted by atomic mass is 9.78. The number of aromatic hydroxyl groups is 2. The molecule has 0 saturated carbocycles. The summed E-state index contributed by atoms with van der Waals surface area (Å²) in [5.41, 5.74) is 4.25. The molecule has 2 aromatic rings. The second kappa shape index (κ2) is 11.8. The van der Waals surface area contributed by atoms with Gasteiger partial charge in [-0.1, -0.05) is 107 Å². The first-order valence-electron chi connectivity index (χ1n) is 14.2. The average Bonchev–Trinajstić information content (AvgIpc) is 2.78. The third kappa shape index (κ3) is 8.74. The Morgan fingerprint density at radius 1 is 0.525 bits per heavy atom. The summed E-state index contributed by atoms with van der Waals surface area (Å²) in [4.78, 5) is 25.0. The number of rotatable bonds is 6. The van der Waals surface area contributed by atoms with Crippen molar-refractivity contribution >= 4 is 11.8 Å². The zero-order valence-electron chi connectivity index (χ0n) is 26.7. The molecule has 220 valence electrons. The monoisotopic (exact) mass is 550 g/mol. The molecule has 6 heteroatoms. The molecule has 2 amide bonds. The van der Waals surface area contributed by atoms with E-state index in [-0.39, 0.29) is 34.5 Å². The molecule has 0 aliphatic rings. The smallest absolute Gasteiger partial charge is 0.265 e. The van der Waals surface area contributed by atoms with Crippen LogP contribution in [0.1, 0.15) is 129 Å². The van der Waals surface area contributed by atoms with Gasteiger partial charge in [0, 0.05) is 12.8 Å². The summed E-state index contributed by atoms with van der Waals surface area (Å²) in [5.74, 6) is -0.298. The van der Waals surface area contributed by atoms with Gasteiger partial charge in [0.25, 0.3) is 11.8 Å². The third-order valence-electron chi connectivity index (χ3n) is 7.10. The Morgan fingerprint density at radius 3 is 0.950 bits per heavy atom. The number of amides is 2. The van der Waals surface area contributed by atoms with Crippen molar-refractivity contribution in [3.05, 3.63) is 57.6 Å². The number of phenolic OH excluding ortho intramolecular Hbond substituents is 2. The summed E-state index contributed by atoms with van der Waals surface area (Å²) in [6.45, 7) is 24.6. The number of hydrogen-bond acceptors (Lipinski definition) is 4. The van der Waals surface area contributed by atoms with Crippen LogP contribution >= 0.6 is 0 Å². The van der Waals surface area contributed by atoms with Gasteiger partial charge in [0.15, 0.2) is 0 Å². The summed E-state index contributed by atoms with van der Waals surface area (Å²) in [6, 6.07) is 7.82. The summed E-state index contributed by atoms with van der Waals surface area (Å²) < 4.78 is 0. The molecule has 0 heterocycles. The van der Waals surface area contributed by atoms with E-state index in [1.807, 2.05) is 24.3 Å². The standard InChI is InChI=1S/C34H50N2O4/c1-31(2,3)23-17-21(18-24(29(23)39)32(4,5)6)13-15-27(37)35-36-28(38)16-14-22-19-25(33(7,8)9)30(40)26(20-22)34(10,11)12/h17-20,39-40H,13-16H2,1-12H3/b36-35+. The summed E-state index contributed by atoms with van der Waals surface area (Å²) in [6.07, 6.45) is 1.13. The zero-order valence-corrected chi connectivity index (χ0v) is 26.7. The van der Waals surface area contributed by atoms with Crippen molar-refractivity contribution < 1.29 is 19.8 Å². The quantitative estimate of drug-likeness (QED) is 0.353. The predicted molar refractivity (Wildman–Crippen MR) is 163 cm³/mol. The van der Waals surface area contributed by atoms with E-state index < -0.39 is 11.8 Å². The molecule has 0 fully saturated rings. The van der Waals surface area contributed by atoms with E-state index in [1.165, 1.54) is 0 Å². The van der Waals surface area contributed by atoms with Crippen molar-refractivity contribution in [3.63, 3.8) is 0 Å². The minimum Gasteiger partial charge on any atom is -0.507 e. The van der Waals surface area contributed by atoms with Crippen LogP contribution < -0.4 is 0 Å². The molecule has 0 unspecified atom stereocenters. The second-order valence-corrected chi connectivity index (χ2v) is 15.1. The van der Waals surface area contributed by atoms with Crippen molar-refractivity contribution in [2.24, 2.45) is 10.2 Å². The molecule has 0 radical (unpaired) electrons. The van der Waals surface area contributed by atoms with E-state index in [9.17, 15) is 19.8 Å². The van der Waals surface area contributed by atoms with Gasteiger partial charge >= 0.3 is 0 Å². The number of azo groups is 1. The first-order valence-corrected chi connectivity index (χ1v) is 14.2. The number of hydrogen-bond donors (Lipinski definition) is 2. The molecular weight excluding hydrogens is 500 g/mol. The highest BCUT2D eigenvalue weighted by Crippen LogP contribution is 2.41. The minimum absolute atomic E-state index is 0.122. The van der Waals surface area contributed by atoms with Gasteiger partial charge in [0.1, 0.15) is 11.5 Å². The van der Waals surface area contributed by atoms with Crippen molar-refractivity contribution in [2.75, 3.05) is 0 Å². The molecule has 0 aliphatic carbocycles. The fourth-order valence-electron chi connectivity index (χ4n) is 4.68. The minimum atomic E-state index is -0.453. The summed E-state index contributed by atoms with van der Waals surface area (Å²) >= 11 is 0. The fourth-order valence-corrected chi connectivity index (χ4v) is 4.68. The van der Waals surface area contributed by atoms with Gasteiger partial charge in [-0.25, -0.2) is 0 Å². The number of aryl methyl sites for hydroxylation is 2. The van der Waals surface area contributed by atoms with E-state index in [4.69, 9.17) is 0 Å². The van der Waals surface area contributed by atoms with Crippen molar-refractivity contribution in [2.45, 2.75) is 130 Å². The Labute approximate surface area is 241 Å². The molecule has 0 saturated heterocycles. The van der Waals surface area contributed by atoms with E-state index in [1.54, 1.807) is 0 Å². The van der Waals surface area contributed by atoms with Crippen molar-refractivity contribution in [1.82, 2.24) is 0 Å². The van der Waals surface area contributed by atoms with E-state index in [2.05, 4.69) is 93.3 Å². The molecule has 2 aromatic carbocycles. The number of carbonyl (C=O) groups is 2. The molecule has 0 aliphatic heterocycles. The highest BCUT2D eigenvalue weighted by molar-refractivity contribution is 5.81. The van der Waals surface area contributed by atoms with E-state index in [0.29, 0.717) is 24.3 Å². The van der Waals surface area contributed by atoms with Crippen LogP contribution in [-0.2, 0) is 44.1 Å². The lowest BCUT2D eigenvalue weighted by Gasteiger charge is -2.28. The largest absolute Gasteiger partial charge is 0.507 e. The summed E-state index contributed by atoms with van der Waals surface area (Å²) in [7, 11) is 0. The highest BCUT2D eigenvalue weighted by atomic mass is 16.3. The fraction of sp³-hybridized carbons (Fsp3) is 0.588. The maximum absolute atomic E-state index is 12.5. The zero-order chi connectivity index (χ0) is 30.8. The lowest BCUT2D eigenvalue weighted by molar-refractivity contribution is -0.122. The van der Waals surface area contributed by atoms with Gasteiger partial charge < -0.3 is 10.2 Å². The Bertz CT molecular complexity index is 1110. The number of benzene rings is 2. The van der Waals surface area contributed by atoms with Crippen LogP contribution in [0.25, 0.3) is 0 Å². The van der Waals surface area contributed by atoms with Gasteiger partial charge in [-0.2, -0.15) is 0 Å². The maximum atomic E-state index is 12.5. The van der Waals surface area contributed by atoms with Gasteiger partial charge in [-0.3, -0.25) is 9.59 Å². The van der Waals surface area contributed by atoms with Crippen LogP contribution in [0.5, 0.6) is 11.5 Å². The first-order chi connectivity index (χ1) is 18.0. The summed E-state index contributed by atoms with van der Waals surface area (Å²) in [5, 5.41) is 29.2. The van der Waals surface area contributed by atoms with Gasteiger partial charge in [0.2, 0.25) is 0 Å². The third-order valence-corrected chi connectivity index (χ3v) is 7.10. The van der Waals surface area contributed by atoms with Gasteiger partial charge in [-0.15, -0.1) is 10.2 Å². The highest BCUT2D eigenvalue weighted by Gasteiger charge is 2.28. The number of carbonyl (C=O) groups excluding carboxylic acids is 2. The van der Waals surface area contributed by atoms with Gasteiger partial charge in [-0.05, 0) is 67.9 Å². The van der Waals surface area contributed by atoms with Crippen LogP contribution in [0.15, 0.2) is 34.5 Å². The molecule has 0 spiro atoms. The van der Waals surface area contributed by atoms with Crippen LogP contribution in [-0.4, -0.2) is 22.0 Å². The Hall–Kier alpha value is -3.02. The van der Waals surface area contributed by atoms with Crippen LogP contribution in [0, 0.1) is 0 Å². The van der Waals surface area contributed by atoms with Crippen LogP contribution in [0.3, 0.4) is 0 Å². The first kappa shape index (κ1) is 33.2. The molecule has 0 aromatic heterocycles. The normalized spacial score (nSPS) is 13.2. The van der Waals surface area contributed by atoms with E-state index in [0.717, 1.165) is 33.4 Å². The predicted octanol–water partition coefficient (Wildman–Crippen LogP) is 8.36. The van der Waals surface area contributed by atoms with E-state index >= 15 is 0 Å². The second-order valence-electron chi connectivity index (χ2n) is 15.1. The lowest BCUT2D eigenvalue weighted by Crippen LogP contribution is -2.18. The molecule has 2 rings (SSSR count). The number of nitrogens with zero attached hydrogens (tertiary/aromatic N) is 2.